The summed E-state index contributed by atoms with van der Waals surface area (Å²) >= 11 is 1.41. The standard InChI is InChI=1S/C21H21N7O2S/c1-11-14(26-21(30)23-11)8-12-10-22-28-18(24-13-4-5-13)9-15(25-19(12)28)16-6-7-17(31-16)20(29)27(2)3/h6-10,13,24H,1,4-5H2,2-3H3,(H2,23,26,30)/b14-8-. The van der Waals surface area contributed by atoms with Gasteiger partial charge in [0.1, 0.15) is 5.82 Å². The number of carbonyl (C=O) groups excluding carboxylic acids is 1. The van der Waals surface area contributed by atoms with Crippen molar-refractivity contribution in [3.63, 3.8) is 0 Å². The number of amides is 1. The Morgan fingerprint density at radius 2 is 2.16 bits per heavy atom. The molecule has 9 nitrogen and oxygen atoms in total. The van der Waals surface area contributed by atoms with Gasteiger partial charge in [0, 0.05) is 31.8 Å². The van der Waals surface area contributed by atoms with Gasteiger partial charge in [0.05, 0.1) is 32.3 Å². The number of hydrogen-bond donors (Lipinski definition) is 3. The molecule has 0 radical (unpaired) electrons. The van der Waals surface area contributed by atoms with Crippen molar-refractivity contribution in [2.45, 2.75) is 18.9 Å². The minimum atomic E-state index is -0.311. The number of fused-ring (bicyclic) bond motifs is 1. The second kappa shape index (κ2) is 7.24. The van der Waals surface area contributed by atoms with Crippen LogP contribution in [0.3, 0.4) is 0 Å². The van der Waals surface area contributed by atoms with E-state index in [1.54, 1.807) is 35.8 Å². The number of H-pyrrole nitrogens is 2. The fourth-order valence-electron chi connectivity index (χ4n) is 3.27. The number of anilines is 1. The van der Waals surface area contributed by atoms with Crippen molar-refractivity contribution in [3.8, 4) is 10.6 Å². The molecule has 0 atom stereocenters. The molecule has 31 heavy (non-hydrogen) atoms. The van der Waals surface area contributed by atoms with Gasteiger partial charge in [0.25, 0.3) is 5.91 Å². The molecule has 1 saturated carbocycles. The first kappa shape index (κ1) is 19.3. The van der Waals surface area contributed by atoms with E-state index < -0.39 is 0 Å². The monoisotopic (exact) mass is 435 g/mol. The van der Waals surface area contributed by atoms with E-state index in [0.29, 0.717) is 27.3 Å². The van der Waals surface area contributed by atoms with Crippen LogP contribution in [0.15, 0.2) is 29.2 Å². The Labute approximate surface area is 180 Å². The largest absolute Gasteiger partial charge is 0.367 e. The Hall–Kier alpha value is -3.66. The lowest BCUT2D eigenvalue weighted by atomic mass is 10.2. The number of imidazole rings is 1. The quantitative estimate of drug-likeness (QED) is 0.433. The van der Waals surface area contributed by atoms with Crippen molar-refractivity contribution in [3.05, 3.63) is 56.0 Å². The molecule has 4 aromatic heterocycles. The molecule has 0 aromatic carbocycles. The first-order valence-electron chi connectivity index (χ1n) is 9.85. The molecular formula is C21H21N7O2S. The number of nitrogens with one attached hydrogen (secondary N) is 3. The molecular weight excluding hydrogens is 414 g/mol. The van der Waals surface area contributed by atoms with Gasteiger partial charge < -0.3 is 20.2 Å². The molecule has 0 saturated heterocycles. The summed E-state index contributed by atoms with van der Waals surface area (Å²) in [7, 11) is 3.47. The molecule has 4 heterocycles. The summed E-state index contributed by atoms with van der Waals surface area (Å²) in [4.78, 5) is 37.2. The topological polar surface area (TPSA) is 111 Å². The van der Waals surface area contributed by atoms with E-state index in [4.69, 9.17) is 4.98 Å². The highest BCUT2D eigenvalue weighted by Crippen LogP contribution is 2.32. The lowest BCUT2D eigenvalue weighted by molar-refractivity contribution is 0.0832. The Morgan fingerprint density at radius 1 is 1.35 bits per heavy atom. The second-order valence-corrected chi connectivity index (χ2v) is 8.84. The van der Waals surface area contributed by atoms with Crippen LogP contribution in [0.2, 0.25) is 0 Å². The SMILES string of the molecule is C=c1[nH]c(=O)[nH]/c1=C\c1cnn2c(NC3CC3)cc(-c3ccc(C(=O)N(C)C)s3)nc12. The number of aromatic amines is 2. The number of aromatic nitrogens is 5. The minimum Gasteiger partial charge on any atom is -0.367 e. The van der Waals surface area contributed by atoms with E-state index >= 15 is 0 Å². The summed E-state index contributed by atoms with van der Waals surface area (Å²) in [6.45, 7) is 3.85. The predicted octanol–water partition coefficient (Wildman–Crippen LogP) is 0.989. The maximum absolute atomic E-state index is 12.3. The smallest absolute Gasteiger partial charge is 0.323 e. The number of hydrogen-bond acceptors (Lipinski definition) is 6. The van der Waals surface area contributed by atoms with Crippen LogP contribution in [0.1, 0.15) is 28.1 Å². The summed E-state index contributed by atoms with van der Waals surface area (Å²) in [6.07, 6.45) is 5.75. The lowest BCUT2D eigenvalue weighted by Crippen LogP contribution is -2.22. The van der Waals surface area contributed by atoms with E-state index in [9.17, 15) is 9.59 Å². The summed E-state index contributed by atoms with van der Waals surface area (Å²) < 4.78 is 1.76. The van der Waals surface area contributed by atoms with Crippen LogP contribution in [0.25, 0.3) is 28.9 Å². The van der Waals surface area contributed by atoms with Crippen LogP contribution in [-0.4, -0.2) is 55.5 Å². The first-order chi connectivity index (χ1) is 14.9. The molecule has 1 amide bonds. The molecule has 3 N–H and O–H groups in total. The van der Waals surface area contributed by atoms with Crippen molar-refractivity contribution < 1.29 is 4.79 Å². The molecule has 0 unspecified atom stereocenters. The number of carbonyl (C=O) groups is 1. The first-order valence-corrected chi connectivity index (χ1v) is 10.7. The Bertz CT molecular complexity index is 1470. The molecule has 158 valence electrons. The molecule has 10 heteroatoms. The zero-order valence-corrected chi connectivity index (χ0v) is 17.9. The van der Waals surface area contributed by atoms with Crippen LogP contribution < -0.4 is 21.7 Å². The van der Waals surface area contributed by atoms with Crippen molar-refractivity contribution in [2.24, 2.45) is 0 Å². The highest BCUT2D eigenvalue weighted by atomic mass is 32.1. The second-order valence-electron chi connectivity index (χ2n) is 7.76. The van der Waals surface area contributed by atoms with E-state index in [1.807, 2.05) is 18.2 Å². The Morgan fingerprint density at radius 3 is 2.84 bits per heavy atom. The van der Waals surface area contributed by atoms with Gasteiger partial charge in [0.15, 0.2) is 5.65 Å². The number of rotatable bonds is 5. The predicted molar refractivity (Wildman–Crippen MR) is 121 cm³/mol. The number of nitrogens with zero attached hydrogens (tertiary/aromatic N) is 4. The normalized spacial score (nSPS) is 14.3. The average molecular weight is 436 g/mol. The van der Waals surface area contributed by atoms with E-state index in [0.717, 1.165) is 34.8 Å². The Balaban J connectivity index is 1.66. The van der Waals surface area contributed by atoms with Gasteiger partial charge in [-0.2, -0.15) is 9.61 Å². The molecule has 4 aromatic rings. The van der Waals surface area contributed by atoms with Crippen LogP contribution in [0.4, 0.5) is 5.82 Å². The average Bonchev–Trinajstić information content (AvgIpc) is 3.12. The van der Waals surface area contributed by atoms with Crippen molar-refractivity contribution in [1.82, 2.24) is 29.5 Å². The van der Waals surface area contributed by atoms with Crippen LogP contribution in [-0.2, 0) is 0 Å². The molecule has 0 bridgehead atoms. The van der Waals surface area contributed by atoms with E-state index in [-0.39, 0.29) is 11.6 Å². The highest BCUT2D eigenvalue weighted by molar-refractivity contribution is 7.17. The molecule has 5 rings (SSSR count). The Kier molecular flexibility index (Phi) is 4.51. The molecule has 0 spiro atoms. The summed E-state index contributed by atoms with van der Waals surface area (Å²) in [5, 5.41) is 9.10. The lowest BCUT2D eigenvalue weighted by Gasteiger charge is -2.09. The zero-order chi connectivity index (χ0) is 21.7. The van der Waals surface area contributed by atoms with Gasteiger partial charge in [0.2, 0.25) is 0 Å². The van der Waals surface area contributed by atoms with Crippen molar-refractivity contribution in [1.29, 1.82) is 0 Å². The van der Waals surface area contributed by atoms with Crippen LogP contribution in [0.5, 0.6) is 0 Å². The third kappa shape index (κ3) is 3.66. The van der Waals surface area contributed by atoms with Crippen LogP contribution >= 0.6 is 11.3 Å². The summed E-state index contributed by atoms with van der Waals surface area (Å²) in [6, 6.07) is 6.13. The molecule has 0 aliphatic heterocycles. The maximum Gasteiger partial charge on any atom is 0.323 e. The molecule has 1 fully saturated rings. The van der Waals surface area contributed by atoms with E-state index in [2.05, 4.69) is 27.0 Å². The minimum absolute atomic E-state index is 0.0357. The summed E-state index contributed by atoms with van der Waals surface area (Å²) in [5.74, 6) is 0.805. The van der Waals surface area contributed by atoms with Gasteiger partial charge in [-0.3, -0.25) is 4.79 Å². The zero-order valence-electron chi connectivity index (χ0n) is 17.1. The fraction of sp³-hybridized carbons (Fsp3) is 0.238. The van der Waals surface area contributed by atoms with Gasteiger partial charge in [-0.05, 0) is 31.1 Å². The van der Waals surface area contributed by atoms with Gasteiger partial charge in [-0.25, -0.2) is 9.78 Å². The highest BCUT2D eigenvalue weighted by Gasteiger charge is 2.23. The van der Waals surface area contributed by atoms with Crippen molar-refractivity contribution in [2.75, 3.05) is 19.4 Å². The summed E-state index contributed by atoms with van der Waals surface area (Å²) in [5.41, 5.74) is 1.85. The third-order valence-corrected chi connectivity index (χ3v) is 6.14. The molecule has 1 aliphatic carbocycles. The van der Waals surface area contributed by atoms with Gasteiger partial charge in [-0.1, -0.05) is 6.58 Å². The number of thiophene rings is 1. The molecule has 1 aliphatic rings. The maximum atomic E-state index is 12.3. The van der Waals surface area contributed by atoms with Gasteiger partial charge in [-0.15, -0.1) is 11.3 Å². The van der Waals surface area contributed by atoms with Crippen molar-refractivity contribution >= 4 is 41.4 Å². The van der Waals surface area contributed by atoms with Crippen LogP contribution in [0, 0.1) is 0 Å². The van der Waals surface area contributed by atoms with Gasteiger partial charge >= 0.3 is 5.69 Å². The fourth-order valence-corrected chi connectivity index (χ4v) is 4.26. The third-order valence-electron chi connectivity index (χ3n) is 5.04. The van der Waals surface area contributed by atoms with E-state index in [1.165, 1.54) is 11.3 Å².